The van der Waals surface area contributed by atoms with Crippen LogP contribution < -0.4 is 4.74 Å². The van der Waals surface area contributed by atoms with Gasteiger partial charge in [0.05, 0.1) is 0 Å². The maximum atomic E-state index is 10.6. The maximum Gasteiger partial charge on any atom is 0.341 e. The van der Waals surface area contributed by atoms with E-state index in [-0.39, 0.29) is 6.61 Å². The highest BCUT2D eigenvalue weighted by Gasteiger charge is 2.12. The van der Waals surface area contributed by atoms with Gasteiger partial charge in [-0.15, -0.1) is 0 Å². The number of carboxylic acid groups (broad SMARTS) is 1. The standard InChI is InChI=1S/C26H35NO4/c1-2-3-4-5-6-8-15-24(23-13-9-7-10-14-23)20-31-27-18-17-22-12-11-16-25(19-22)30-21-26(28)29/h7,9-14,16,18-19,24H,2-6,8,15,17,20-21H2,1H3,(H,28,29). The average molecular weight is 426 g/mol. The van der Waals surface area contributed by atoms with Gasteiger partial charge in [0.2, 0.25) is 0 Å². The van der Waals surface area contributed by atoms with Gasteiger partial charge < -0.3 is 14.7 Å². The number of ether oxygens (including phenoxy) is 1. The molecule has 0 fully saturated rings. The Kier molecular flexibility index (Phi) is 11.9. The van der Waals surface area contributed by atoms with E-state index >= 15 is 0 Å². The first-order valence-electron chi connectivity index (χ1n) is 11.3. The molecule has 0 bridgehead atoms. The van der Waals surface area contributed by atoms with Crippen LogP contribution in [0.3, 0.4) is 0 Å². The summed E-state index contributed by atoms with van der Waals surface area (Å²) in [5, 5.41) is 12.9. The van der Waals surface area contributed by atoms with Crippen LogP contribution in [0.2, 0.25) is 0 Å². The zero-order valence-corrected chi connectivity index (χ0v) is 18.5. The molecule has 0 heterocycles. The minimum Gasteiger partial charge on any atom is -0.482 e. The molecule has 0 radical (unpaired) electrons. The Labute approximate surface area is 186 Å². The van der Waals surface area contributed by atoms with Crippen molar-refractivity contribution in [2.45, 2.75) is 64.2 Å². The molecule has 0 saturated carbocycles. The molecule has 0 aliphatic heterocycles. The first-order valence-corrected chi connectivity index (χ1v) is 11.3. The second-order valence-electron chi connectivity index (χ2n) is 7.78. The summed E-state index contributed by atoms with van der Waals surface area (Å²) in [5.74, 6) is -0.108. The molecule has 0 aliphatic rings. The number of rotatable bonds is 16. The third-order valence-electron chi connectivity index (χ3n) is 5.19. The van der Waals surface area contributed by atoms with Crippen LogP contribution in [0.5, 0.6) is 5.75 Å². The van der Waals surface area contributed by atoms with E-state index in [4.69, 9.17) is 14.7 Å². The predicted octanol–water partition coefficient (Wildman–Crippen LogP) is 6.23. The van der Waals surface area contributed by atoms with Gasteiger partial charge in [-0.3, -0.25) is 0 Å². The molecule has 168 valence electrons. The Hall–Kier alpha value is -2.82. The highest BCUT2D eigenvalue weighted by atomic mass is 16.6. The number of carboxylic acids is 1. The van der Waals surface area contributed by atoms with Gasteiger partial charge in [-0.05, 0) is 29.7 Å². The zero-order chi connectivity index (χ0) is 22.2. The van der Waals surface area contributed by atoms with Crippen molar-refractivity contribution in [1.82, 2.24) is 0 Å². The summed E-state index contributed by atoms with van der Waals surface area (Å²) in [6.07, 6.45) is 11.2. The first-order chi connectivity index (χ1) is 15.2. The summed E-state index contributed by atoms with van der Waals surface area (Å²) < 4.78 is 5.21. The summed E-state index contributed by atoms with van der Waals surface area (Å²) >= 11 is 0. The SMILES string of the molecule is CCCCCCCCC(CON=CCc1cccc(OCC(=O)O)c1)c1ccccc1. The van der Waals surface area contributed by atoms with Crippen LogP contribution in [-0.4, -0.2) is 30.5 Å². The molecule has 0 amide bonds. The van der Waals surface area contributed by atoms with E-state index in [0.717, 1.165) is 12.0 Å². The van der Waals surface area contributed by atoms with Crippen molar-refractivity contribution >= 4 is 12.2 Å². The van der Waals surface area contributed by atoms with Gasteiger partial charge in [-0.2, -0.15) is 0 Å². The van der Waals surface area contributed by atoms with Gasteiger partial charge in [0, 0.05) is 18.6 Å². The van der Waals surface area contributed by atoms with E-state index in [1.807, 2.05) is 24.3 Å². The Bertz CT molecular complexity index is 776. The van der Waals surface area contributed by atoms with Gasteiger partial charge in [0.15, 0.2) is 6.61 Å². The second kappa shape index (κ2) is 15.1. The van der Waals surface area contributed by atoms with E-state index in [1.54, 1.807) is 12.3 Å². The largest absolute Gasteiger partial charge is 0.482 e. The molecule has 1 atom stereocenters. The van der Waals surface area contributed by atoms with Crippen LogP contribution >= 0.6 is 0 Å². The quantitative estimate of drug-likeness (QED) is 0.197. The van der Waals surface area contributed by atoms with E-state index in [0.29, 0.717) is 24.7 Å². The third-order valence-corrected chi connectivity index (χ3v) is 5.19. The Morgan fingerprint density at radius 2 is 1.81 bits per heavy atom. The smallest absolute Gasteiger partial charge is 0.341 e. The molecule has 31 heavy (non-hydrogen) atoms. The average Bonchev–Trinajstić information content (AvgIpc) is 2.79. The molecule has 2 rings (SSSR count). The van der Waals surface area contributed by atoms with Crippen molar-refractivity contribution in [1.29, 1.82) is 0 Å². The lowest BCUT2D eigenvalue weighted by atomic mass is 9.93. The van der Waals surface area contributed by atoms with Crippen molar-refractivity contribution in [2.75, 3.05) is 13.2 Å². The topological polar surface area (TPSA) is 68.1 Å². The Balaban J connectivity index is 1.78. The molecule has 1 unspecified atom stereocenters. The number of unbranched alkanes of at least 4 members (excludes halogenated alkanes) is 5. The molecule has 1 N–H and O–H groups in total. The molecule has 5 nitrogen and oxygen atoms in total. The number of oxime groups is 1. The minimum atomic E-state index is -0.991. The summed E-state index contributed by atoms with van der Waals surface area (Å²) in [4.78, 5) is 16.3. The van der Waals surface area contributed by atoms with E-state index < -0.39 is 5.97 Å². The van der Waals surface area contributed by atoms with Crippen LogP contribution in [0, 0.1) is 0 Å². The van der Waals surface area contributed by atoms with Crippen molar-refractivity contribution in [3.63, 3.8) is 0 Å². The number of carbonyl (C=O) groups is 1. The number of nitrogens with zero attached hydrogens (tertiary/aromatic N) is 1. The van der Waals surface area contributed by atoms with Crippen LogP contribution in [0.15, 0.2) is 59.8 Å². The summed E-state index contributed by atoms with van der Waals surface area (Å²) in [6, 6.07) is 17.9. The lowest BCUT2D eigenvalue weighted by Crippen LogP contribution is -2.09. The van der Waals surface area contributed by atoms with Gasteiger partial charge >= 0.3 is 5.97 Å². The number of hydrogen-bond donors (Lipinski definition) is 1. The monoisotopic (exact) mass is 425 g/mol. The molecule has 0 spiro atoms. The first kappa shape index (κ1) is 24.4. The van der Waals surface area contributed by atoms with Gasteiger partial charge in [0.1, 0.15) is 12.4 Å². The number of hydrogen-bond acceptors (Lipinski definition) is 4. The van der Waals surface area contributed by atoms with Gasteiger partial charge in [0.25, 0.3) is 0 Å². The normalized spacial score (nSPS) is 12.0. The van der Waals surface area contributed by atoms with Crippen molar-refractivity contribution in [3.05, 3.63) is 65.7 Å². The highest BCUT2D eigenvalue weighted by Crippen LogP contribution is 2.23. The third kappa shape index (κ3) is 10.7. The fourth-order valence-electron chi connectivity index (χ4n) is 3.48. The Morgan fingerprint density at radius 1 is 1.03 bits per heavy atom. The van der Waals surface area contributed by atoms with Gasteiger partial charge in [-0.1, -0.05) is 93.1 Å². The lowest BCUT2D eigenvalue weighted by Gasteiger charge is -2.16. The number of aliphatic carboxylic acids is 1. The molecular weight excluding hydrogens is 390 g/mol. The van der Waals surface area contributed by atoms with Crippen molar-refractivity contribution in [3.8, 4) is 5.75 Å². The van der Waals surface area contributed by atoms with Crippen molar-refractivity contribution < 1.29 is 19.5 Å². The van der Waals surface area contributed by atoms with Gasteiger partial charge in [-0.25, -0.2) is 4.79 Å². The molecule has 0 aromatic heterocycles. The van der Waals surface area contributed by atoms with Crippen LogP contribution in [0.4, 0.5) is 0 Å². The summed E-state index contributed by atoms with van der Waals surface area (Å²) in [5.41, 5.74) is 2.29. The fraction of sp³-hybridized carbons (Fsp3) is 0.462. The number of benzene rings is 2. The summed E-state index contributed by atoms with van der Waals surface area (Å²) in [6.45, 7) is 2.46. The molecular formula is C26H35NO4. The minimum absolute atomic E-state index is 0.345. The summed E-state index contributed by atoms with van der Waals surface area (Å²) in [7, 11) is 0. The van der Waals surface area contributed by atoms with Crippen LogP contribution in [-0.2, 0) is 16.1 Å². The van der Waals surface area contributed by atoms with Crippen molar-refractivity contribution in [2.24, 2.45) is 5.16 Å². The molecule has 5 heteroatoms. The van der Waals surface area contributed by atoms with E-state index in [1.165, 1.54) is 44.1 Å². The highest BCUT2D eigenvalue weighted by molar-refractivity contribution is 5.68. The molecule has 0 aliphatic carbocycles. The predicted molar refractivity (Wildman–Crippen MR) is 125 cm³/mol. The van der Waals surface area contributed by atoms with E-state index in [9.17, 15) is 4.79 Å². The second-order valence-corrected chi connectivity index (χ2v) is 7.78. The molecule has 0 saturated heterocycles. The zero-order valence-electron chi connectivity index (χ0n) is 18.5. The lowest BCUT2D eigenvalue weighted by molar-refractivity contribution is -0.139. The Morgan fingerprint density at radius 3 is 2.58 bits per heavy atom. The van der Waals surface area contributed by atoms with Crippen LogP contribution in [0.25, 0.3) is 0 Å². The molecule has 2 aromatic rings. The van der Waals surface area contributed by atoms with Crippen LogP contribution in [0.1, 0.15) is 68.9 Å². The maximum absolute atomic E-state index is 10.6. The molecule has 2 aromatic carbocycles. The van der Waals surface area contributed by atoms with E-state index in [2.05, 4.69) is 36.3 Å². The fourth-order valence-corrected chi connectivity index (χ4v) is 3.48.